The van der Waals surface area contributed by atoms with Gasteiger partial charge in [0.25, 0.3) is 0 Å². The molecule has 28 heavy (non-hydrogen) atoms. The van der Waals surface area contributed by atoms with Crippen molar-refractivity contribution in [1.82, 2.24) is 0 Å². The zero-order chi connectivity index (χ0) is 18.7. The summed E-state index contributed by atoms with van der Waals surface area (Å²) >= 11 is -0.384. The number of halogens is 2. The maximum atomic E-state index is 2.59. The smallest absolute Gasteiger partial charge is 1.00 e. The van der Waals surface area contributed by atoms with Gasteiger partial charge in [0.1, 0.15) is 0 Å². The van der Waals surface area contributed by atoms with E-state index in [4.69, 9.17) is 0 Å². The molecule has 0 saturated heterocycles. The van der Waals surface area contributed by atoms with E-state index in [1.807, 2.05) is 0 Å². The van der Waals surface area contributed by atoms with Crippen molar-refractivity contribution < 1.29 is 47.2 Å². The van der Waals surface area contributed by atoms with E-state index in [-0.39, 0.29) is 53.1 Å². The Morgan fingerprint density at radius 2 is 1.71 bits per heavy atom. The van der Waals surface area contributed by atoms with Gasteiger partial charge < -0.3 is 24.8 Å². The predicted octanol–water partition coefficient (Wildman–Crippen LogP) is 1.45. The van der Waals surface area contributed by atoms with Gasteiger partial charge in [-0.2, -0.15) is 0 Å². The standard InChI is InChI=1S/C22H25.C2H6Si.2ClH.Zr/c1-4-5-9-17-12-20-14-19(16(2)3)15-22(21(20)13-17)18-10-7-6-8-11-18;1-3-2;;;/h6-8,10-16H,4-5,9H2,1-3H3;1-2H3;2*1H;/q;;;;+2/p-2. The Labute approximate surface area is 196 Å². The summed E-state index contributed by atoms with van der Waals surface area (Å²) in [6.07, 6.45) is 6.53. The predicted molar refractivity (Wildman–Crippen MR) is 114 cm³/mol. The van der Waals surface area contributed by atoms with Crippen LogP contribution in [0.15, 0.2) is 48.0 Å². The minimum Gasteiger partial charge on any atom is -1.00 e. The second-order valence-corrected chi connectivity index (χ2v) is 21.2. The van der Waals surface area contributed by atoms with E-state index < -0.39 is 0 Å². The van der Waals surface area contributed by atoms with Crippen molar-refractivity contribution in [2.45, 2.75) is 62.7 Å². The van der Waals surface area contributed by atoms with Crippen molar-refractivity contribution in [3.8, 4) is 11.1 Å². The maximum Gasteiger partial charge on any atom is -1.00 e. The molecule has 0 fully saturated rings. The van der Waals surface area contributed by atoms with Gasteiger partial charge in [0.05, 0.1) is 0 Å². The molecular weight excluding hydrogens is 478 g/mol. The molecule has 2 aromatic rings. The molecule has 4 heteroatoms. The van der Waals surface area contributed by atoms with Gasteiger partial charge in [-0.25, -0.2) is 0 Å². The molecule has 1 aliphatic rings. The van der Waals surface area contributed by atoms with Crippen LogP contribution in [0, 0.1) is 0 Å². The molecule has 0 aromatic heterocycles. The largest absolute Gasteiger partial charge is 1.00 e. The molecule has 1 aliphatic carbocycles. The number of hydrogen-bond donors (Lipinski definition) is 0. The molecule has 0 N–H and O–H groups in total. The third kappa shape index (κ3) is 5.94. The summed E-state index contributed by atoms with van der Waals surface area (Å²) in [6.45, 7) is 12.1. The molecule has 2 aromatic carbocycles. The van der Waals surface area contributed by atoms with E-state index >= 15 is 0 Å². The normalized spacial score (nSPS) is 14.8. The zero-order valence-electron chi connectivity index (χ0n) is 17.7. The van der Waals surface area contributed by atoms with Gasteiger partial charge in [-0.15, -0.1) is 0 Å². The van der Waals surface area contributed by atoms with Crippen LogP contribution in [0.4, 0.5) is 0 Å². The summed E-state index contributed by atoms with van der Waals surface area (Å²) in [5.74, 6) is 0.488. The Bertz CT molecular complexity index is 785. The monoisotopic (exact) mass is 507 g/mol. The fourth-order valence-electron chi connectivity index (χ4n) is 3.81. The average Bonchev–Trinajstić information content (AvgIpc) is 2.96. The van der Waals surface area contributed by atoms with Crippen LogP contribution in [0.3, 0.4) is 0 Å². The third-order valence-electron chi connectivity index (χ3n) is 5.25. The first-order chi connectivity index (χ1) is 12.5. The Morgan fingerprint density at radius 1 is 1.04 bits per heavy atom. The van der Waals surface area contributed by atoms with Gasteiger partial charge in [0, 0.05) is 0 Å². The fraction of sp³-hybridized carbons (Fsp3) is 0.417. The van der Waals surface area contributed by atoms with E-state index in [1.54, 1.807) is 16.7 Å². The quantitative estimate of drug-likeness (QED) is 0.496. The van der Waals surface area contributed by atoms with Crippen molar-refractivity contribution in [2.75, 3.05) is 0 Å². The molecule has 0 bridgehead atoms. The number of benzene rings is 2. The Hall–Kier alpha value is -0.140. The average molecular weight is 510 g/mol. The number of fused-ring (bicyclic) bond motifs is 1. The summed E-state index contributed by atoms with van der Waals surface area (Å²) < 4.78 is 0.824. The molecule has 1 radical (unpaired) electrons. The van der Waals surface area contributed by atoms with Crippen LogP contribution in [-0.2, 0) is 22.4 Å². The molecule has 3 rings (SSSR count). The minimum atomic E-state index is -0.384. The number of allylic oxidation sites excluding steroid dienone is 1. The number of hydrogen-bond acceptors (Lipinski definition) is 0. The van der Waals surface area contributed by atoms with Gasteiger partial charge in [0.15, 0.2) is 0 Å². The van der Waals surface area contributed by atoms with E-state index in [0.717, 1.165) is 3.63 Å². The van der Waals surface area contributed by atoms with Gasteiger partial charge in [-0.1, -0.05) is 0 Å². The molecule has 0 aliphatic heterocycles. The molecule has 0 spiro atoms. The zero-order valence-corrected chi connectivity index (χ0v) is 22.6. The van der Waals surface area contributed by atoms with Crippen LogP contribution in [0.5, 0.6) is 0 Å². The van der Waals surface area contributed by atoms with Crippen LogP contribution in [0.1, 0.15) is 66.3 Å². The van der Waals surface area contributed by atoms with E-state index in [0.29, 0.717) is 5.92 Å². The second kappa shape index (κ2) is 11.9. The topological polar surface area (TPSA) is 0 Å². The van der Waals surface area contributed by atoms with Gasteiger partial charge in [0.2, 0.25) is 0 Å². The molecule has 0 nitrogen and oxygen atoms in total. The number of unbranched alkanes of at least 4 members (excludes halogenated alkanes) is 1. The fourth-order valence-corrected chi connectivity index (χ4v) is 12.6. The maximum absolute atomic E-state index is 2.59. The van der Waals surface area contributed by atoms with E-state index in [9.17, 15) is 0 Å². The first-order valence-corrected chi connectivity index (χ1v) is 17.6. The van der Waals surface area contributed by atoms with Crippen molar-refractivity contribution >= 4 is 12.0 Å². The van der Waals surface area contributed by atoms with Crippen molar-refractivity contribution in [2.24, 2.45) is 0 Å². The molecule has 149 valence electrons. The Kier molecular flexibility index (Phi) is 11.0. The first kappa shape index (κ1) is 25.9. The number of rotatable bonds is 7. The summed E-state index contributed by atoms with van der Waals surface area (Å²) in [5.41, 5.74) is 9.33. The molecule has 0 heterocycles. The molecule has 0 amide bonds. The summed E-state index contributed by atoms with van der Waals surface area (Å²) in [5, 5.41) is 0. The van der Waals surface area contributed by atoms with Crippen molar-refractivity contribution in [1.29, 1.82) is 0 Å². The second-order valence-electron chi connectivity index (χ2n) is 7.99. The Balaban J connectivity index is 0.00000196. The van der Waals surface area contributed by atoms with Crippen LogP contribution in [0.25, 0.3) is 17.2 Å². The van der Waals surface area contributed by atoms with E-state index in [2.05, 4.69) is 82.4 Å². The third-order valence-corrected chi connectivity index (χ3v) is 14.2. The van der Waals surface area contributed by atoms with Crippen LogP contribution in [0.2, 0.25) is 13.1 Å². The van der Waals surface area contributed by atoms with Crippen LogP contribution < -0.4 is 24.8 Å². The summed E-state index contributed by atoms with van der Waals surface area (Å²) in [6, 6.07) is 16.1. The van der Waals surface area contributed by atoms with Crippen LogP contribution >= 0.6 is 0 Å². The van der Waals surface area contributed by atoms with Crippen molar-refractivity contribution in [3.63, 3.8) is 0 Å². The molecule has 1 atom stereocenters. The summed E-state index contributed by atoms with van der Waals surface area (Å²) in [7, 11) is 0. The molecule has 1 unspecified atom stereocenters. The minimum absolute atomic E-state index is 0. The van der Waals surface area contributed by atoms with Gasteiger partial charge >= 0.3 is 173 Å². The molecule has 0 saturated carbocycles. The first-order valence-electron chi connectivity index (χ1n) is 10.0. The van der Waals surface area contributed by atoms with Gasteiger partial charge in [-0.3, -0.25) is 0 Å². The summed E-state index contributed by atoms with van der Waals surface area (Å²) in [4.78, 5) is 0. The van der Waals surface area contributed by atoms with Crippen LogP contribution in [-0.4, -0.2) is 5.92 Å². The van der Waals surface area contributed by atoms with E-state index in [1.165, 1.54) is 36.0 Å². The Morgan fingerprint density at radius 3 is 2.29 bits per heavy atom. The molecular formula is C24H31Cl2SiZr. The SMILES string of the molecule is CCCCC1=Cc2c(-c3ccccc3)cc(C(C)C)cc2[CH]1[Zr+2][Si](C)C.[Cl-].[Cl-]. The van der Waals surface area contributed by atoms with Crippen molar-refractivity contribution in [3.05, 3.63) is 64.7 Å². The van der Waals surface area contributed by atoms with Gasteiger partial charge in [-0.05, 0) is 0 Å².